The highest BCUT2D eigenvalue weighted by Crippen LogP contribution is 2.42. The molecule has 2 heterocycles. The highest BCUT2D eigenvalue weighted by Gasteiger charge is 2.37. The summed E-state index contributed by atoms with van der Waals surface area (Å²) >= 11 is 1.43. The Kier molecular flexibility index (Phi) is 5.76. The van der Waals surface area contributed by atoms with Gasteiger partial charge in [-0.05, 0) is 35.2 Å². The van der Waals surface area contributed by atoms with Crippen LogP contribution >= 0.6 is 11.3 Å². The average molecular weight is 438 g/mol. The number of aliphatic hydroxyl groups is 2. The second-order valence-electron chi connectivity index (χ2n) is 7.55. The van der Waals surface area contributed by atoms with Gasteiger partial charge in [0.15, 0.2) is 0 Å². The molecule has 30 heavy (non-hydrogen) atoms. The van der Waals surface area contributed by atoms with Gasteiger partial charge in [0.05, 0.1) is 30.5 Å². The number of halogens is 3. The van der Waals surface area contributed by atoms with Gasteiger partial charge < -0.3 is 20.1 Å². The summed E-state index contributed by atoms with van der Waals surface area (Å²) in [5.74, 6) is -0.529. The number of ether oxygens (including phenoxy) is 1. The van der Waals surface area contributed by atoms with E-state index in [9.17, 15) is 28.5 Å². The van der Waals surface area contributed by atoms with E-state index in [1.807, 2.05) is 30.3 Å². The third-order valence-corrected chi connectivity index (χ3v) is 6.44. The number of benzene rings is 2. The van der Waals surface area contributed by atoms with E-state index in [1.54, 1.807) is 0 Å². The number of hydrogen-bond donors (Lipinski definition) is 3. The van der Waals surface area contributed by atoms with Crippen molar-refractivity contribution in [3.63, 3.8) is 0 Å². The van der Waals surface area contributed by atoms with Crippen molar-refractivity contribution in [2.45, 2.75) is 43.8 Å². The molecule has 3 aromatic rings. The number of thiophene rings is 1. The van der Waals surface area contributed by atoms with Gasteiger partial charge in [-0.25, -0.2) is 0 Å². The standard InChI is InChI=1S/C22H21F3O4S/c23-22(24,25)18-10-19(28)17(20-9-14(27)8-15(11-26)29-20)7-13(18)6-16-5-12-3-1-2-4-21(12)30-16/h1-5,7,10,14-15,20,26-28H,6,8-9,11H2/t14-,15-,20+/m0/s1. The lowest BCUT2D eigenvalue weighted by molar-refractivity contribution is -0.138. The molecule has 0 saturated carbocycles. The number of aromatic hydroxyl groups is 1. The van der Waals surface area contributed by atoms with Crippen LogP contribution in [0.15, 0.2) is 42.5 Å². The summed E-state index contributed by atoms with van der Waals surface area (Å²) in [6.45, 7) is -0.316. The van der Waals surface area contributed by atoms with Crippen molar-refractivity contribution in [2.24, 2.45) is 0 Å². The Bertz CT molecular complexity index is 1010. The molecule has 3 atom stereocenters. The number of aliphatic hydroxyl groups excluding tert-OH is 2. The number of hydrogen-bond acceptors (Lipinski definition) is 5. The minimum atomic E-state index is -4.62. The normalized spacial score (nSPS) is 22.5. The second kappa shape index (κ2) is 8.19. The van der Waals surface area contributed by atoms with Crippen LogP contribution in [0.2, 0.25) is 0 Å². The van der Waals surface area contributed by atoms with Crippen LogP contribution in [0.3, 0.4) is 0 Å². The summed E-state index contributed by atoms with van der Waals surface area (Å²) in [5, 5.41) is 30.7. The van der Waals surface area contributed by atoms with E-state index in [0.29, 0.717) is 0 Å². The summed E-state index contributed by atoms with van der Waals surface area (Å²) < 4.78 is 47.7. The Balaban J connectivity index is 1.74. The molecule has 0 aliphatic carbocycles. The molecular formula is C22H21F3O4S. The summed E-state index contributed by atoms with van der Waals surface area (Å²) in [5.41, 5.74) is -0.668. The maximum Gasteiger partial charge on any atom is 0.416 e. The van der Waals surface area contributed by atoms with E-state index in [4.69, 9.17) is 4.74 Å². The van der Waals surface area contributed by atoms with Crippen LogP contribution in [-0.2, 0) is 17.3 Å². The number of fused-ring (bicyclic) bond motifs is 1. The van der Waals surface area contributed by atoms with Crippen molar-refractivity contribution < 1.29 is 33.2 Å². The molecule has 0 amide bonds. The van der Waals surface area contributed by atoms with Crippen LogP contribution < -0.4 is 0 Å². The fourth-order valence-electron chi connectivity index (χ4n) is 3.94. The zero-order valence-electron chi connectivity index (χ0n) is 15.9. The van der Waals surface area contributed by atoms with Gasteiger partial charge in [0.2, 0.25) is 0 Å². The van der Waals surface area contributed by atoms with E-state index in [0.717, 1.165) is 21.0 Å². The van der Waals surface area contributed by atoms with E-state index in [-0.39, 0.29) is 37.0 Å². The topological polar surface area (TPSA) is 69.9 Å². The second-order valence-corrected chi connectivity index (χ2v) is 8.72. The molecule has 2 aromatic carbocycles. The third-order valence-electron chi connectivity index (χ3n) is 5.33. The largest absolute Gasteiger partial charge is 0.508 e. The number of rotatable bonds is 4. The maximum absolute atomic E-state index is 13.7. The molecule has 0 bridgehead atoms. The first kappa shape index (κ1) is 21.1. The van der Waals surface area contributed by atoms with Gasteiger partial charge in [-0.2, -0.15) is 13.2 Å². The van der Waals surface area contributed by atoms with E-state index >= 15 is 0 Å². The van der Waals surface area contributed by atoms with Crippen LogP contribution in [0.4, 0.5) is 13.2 Å². The van der Waals surface area contributed by atoms with Gasteiger partial charge >= 0.3 is 6.18 Å². The number of alkyl halides is 3. The van der Waals surface area contributed by atoms with E-state index in [2.05, 4.69) is 0 Å². The van der Waals surface area contributed by atoms with Gasteiger partial charge in [0.1, 0.15) is 5.75 Å². The highest BCUT2D eigenvalue weighted by atomic mass is 32.1. The Morgan fingerprint density at radius 3 is 2.57 bits per heavy atom. The molecule has 1 aromatic heterocycles. The molecule has 3 N–H and O–H groups in total. The van der Waals surface area contributed by atoms with Crippen LogP contribution in [0.5, 0.6) is 5.75 Å². The quantitative estimate of drug-likeness (QED) is 0.548. The summed E-state index contributed by atoms with van der Waals surface area (Å²) in [7, 11) is 0. The van der Waals surface area contributed by atoms with Crippen LogP contribution in [-0.4, -0.2) is 34.1 Å². The smallest absolute Gasteiger partial charge is 0.416 e. The monoisotopic (exact) mass is 438 g/mol. The Hall–Kier alpha value is -2.13. The van der Waals surface area contributed by atoms with Crippen molar-refractivity contribution in [1.29, 1.82) is 0 Å². The average Bonchev–Trinajstić information content (AvgIpc) is 3.10. The highest BCUT2D eigenvalue weighted by molar-refractivity contribution is 7.19. The van der Waals surface area contributed by atoms with Gasteiger partial charge in [-0.15, -0.1) is 11.3 Å². The van der Waals surface area contributed by atoms with Crippen molar-refractivity contribution in [2.75, 3.05) is 6.61 Å². The predicted molar refractivity (Wildman–Crippen MR) is 108 cm³/mol. The zero-order chi connectivity index (χ0) is 21.5. The Morgan fingerprint density at radius 1 is 1.10 bits per heavy atom. The lowest BCUT2D eigenvalue weighted by Crippen LogP contribution is -2.33. The fourth-order valence-corrected chi connectivity index (χ4v) is 5.03. The fraction of sp³-hybridized carbons (Fsp3) is 0.364. The first-order valence-corrected chi connectivity index (χ1v) is 10.4. The molecule has 1 saturated heterocycles. The van der Waals surface area contributed by atoms with Gasteiger partial charge in [0.25, 0.3) is 0 Å². The SMILES string of the molecule is OC[C@@H]1C[C@H](O)C[C@H](c2cc(Cc3cc4ccccc4s3)c(C(F)(F)F)cc2O)O1. The lowest BCUT2D eigenvalue weighted by atomic mass is 9.91. The predicted octanol–water partition coefficient (Wildman–Crippen LogP) is 4.79. The molecule has 4 rings (SSSR count). The van der Waals surface area contributed by atoms with Gasteiger partial charge in [0, 0.05) is 34.4 Å². The number of phenols is 1. The minimum absolute atomic E-state index is 0.0334. The lowest BCUT2D eigenvalue weighted by Gasteiger charge is -2.33. The molecule has 0 radical (unpaired) electrons. The first-order valence-electron chi connectivity index (χ1n) is 9.59. The van der Waals surface area contributed by atoms with E-state index < -0.39 is 35.8 Å². The summed E-state index contributed by atoms with van der Waals surface area (Å²) in [4.78, 5) is 0.774. The molecule has 1 fully saturated rings. The molecule has 160 valence electrons. The Morgan fingerprint density at radius 2 is 1.87 bits per heavy atom. The zero-order valence-corrected chi connectivity index (χ0v) is 16.7. The molecule has 1 aliphatic heterocycles. The molecular weight excluding hydrogens is 417 g/mol. The first-order chi connectivity index (χ1) is 14.2. The third kappa shape index (κ3) is 4.32. The summed E-state index contributed by atoms with van der Waals surface area (Å²) in [6, 6.07) is 11.5. The van der Waals surface area contributed by atoms with Gasteiger partial charge in [-0.3, -0.25) is 0 Å². The molecule has 0 spiro atoms. The Labute approximate surface area is 175 Å². The van der Waals surface area contributed by atoms with Crippen molar-refractivity contribution in [3.05, 3.63) is 64.0 Å². The van der Waals surface area contributed by atoms with Crippen molar-refractivity contribution in [3.8, 4) is 5.75 Å². The van der Waals surface area contributed by atoms with Crippen molar-refractivity contribution in [1.82, 2.24) is 0 Å². The molecule has 4 nitrogen and oxygen atoms in total. The molecule has 0 unspecified atom stereocenters. The molecule has 1 aliphatic rings. The van der Waals surface area contributed by atoms with Crippen LogP contribution in [0.25, 0.3) is 10.1 Å². The van der Waals surface area contributed by atoms with Crippen LogP contribution in [0.1, 0.15) is 40.5 Å². The van der Waals surface area contributed by atoms with E-state index in [1.165, 1.54) is 17.4 Å². The summed E-state index contributed by atoms with van der Waals surface area (Å²) in [6.07, 6.45) is -6.39. The number of phenolic OH excluding ortho intramolecular Hbond substituents is 1. The minimum Gasteiger partial charge on any atom is -0.508 e. The molecule has 8 heteroatoms. The van der Waals surface area contributed by atoms with Crippen LogP contribution in [0, 0.1) is 0 Å². The van der Waals surface area contributed by atoms with Crippen molar-refractivity contribution >= 4 is 21.4 Å². The van der Waals surface area contributed by atoms with Gasteiger partial charge in [-0.1, -0.05) is 18.2 Å². The maximum atomic E-state index is 13.7.